The van der Waals surface area contributed by atoms with Gasteiger partial charge in [-0.1, -0.05) is 41.9 Å². The summed E-state index contributed by atoms with van der Waals surface area (Å²) in [6, 6.07) is 12.8. The van der Waals surface area contributed by atoms with E-state index in [1.54, 1.807) is 18.2 Å². The van der Waals surface area contributed by atoms with E-state index in [4.69, 9.17) is 16.0 Å². The first-order chi connectivity index (χ1) is 11.1. The van der Waals surface area contributed by atoms with Crippen LogP contribution in [0.15, 0.2) is 63.3 Å². The normalized spacial score (nSPS) is 11.4. The number of benzene rings is 1. The summed E-state index contributed by atoms with van der Waals surface area (Å²) in [5.74, 6) is -1.16. The molecule has 23 heavy (non-hydrogen) atoms. The van der Waals surface area contributed by atoms with Gasteiger partial charge in [0.1, 0.15) is 5.76 Å². The molecule has 0 atom stereocenters. The van der Waals surface area contributed by atoms with Crippen LogP contribution in [0, 0.1) is 0 Å². The fourth-order valence-electron chi connectivity index (χ4n) is 1.61. The van der Waals surface area contributed by atoms with Crippen molar-refractivity contribution >= 4 is 35.7 Å². The van der Waals surface area contributed by atoms with Crippen LogP contribution in [0.25, 0.3) is 6.08 Å². The molecule has 0 radical (unpaired) electrons. The van der Waals surface area contributed by atoms with Crippen molar-refractivity contribution in [3.05, 3.63) is 65.1 Å². The Morgan fingerprint density at radius 2 is 1.91 bits per heavy atom. The van der Waals surface area contributed by atoms with E-state index < -0.39 is 11.8 Å². The average Bonchev–Trinajstić information content (AvgIpc) is 3.06. The Morgan fingerprint density at radius 3 is 2.61 bits per heavy atom. The lowest BCUT2D eigenvalue weighted by Crippen LogP contribution is -2.37. The lowest BCUT2D eigenvalue weighted by atomic mass is 10.2. The van der Waals surface area contributed by atoms with Gasteiger partial charge in [-0.25, -0.2) is 5.43 Å². The zero-order chi connectivity index (χ0) is 16.5. The van der Waals surface area contributed by atoms with Crippen molar-refractivity contribution in [2.24, 2.45) is 5.10 Å². The van der Waals surface area contributed by atoms with Crippen LogP contribution in [-0.4, -0.2) is 18.0 Å². The second-order valence-corrected chi connectivity index (χ2v) is 4.84. The third-order valence-electron chi connectivity index (χ3n) is 2.67. The molecule has 0 saturated heterocycles. The summed E-state index contributed by atoms with van der Waals surface area (Å²) in [5, 5.41) is 6.33. The number of rotatable bonds is 5. The maximum Gasteiger partial charge on any atom is 0.329 e. The van der Waals surface area contributed by atoms with Crippen LogP contribution >= 0.6 is 11.6 Å². The van der Waals surface area contributed by atoms with Gasteiger partial charge in [-0.2, -0.15) is 5.10 Å². The third kappa shape index (κ3) is 5.80. The lowest BCUT2D eigenvalue weighted by Gasteiger charge is -2.01. The first-order valence-electron chi connectivity index (χ1n) is 6.71. The third-order valence-corrected chi connectivity index (χ3v) is 2.87. The van der Waals surface area contributed by atoms with E-state index in [0.29, 0.717) is 10.8 Å². The molecule has 0 aliphatic carbocycles. The number of carbonyl (C=O) groups is 2. The van der Waals surface area contributed by atoms with E-state index in [-0.39, 0.29) is 6.54 Å². The van der Waals surface area contributed by atoms with Gasteiger partial charge in [-0.15, -0.1) is 0 Å². The molecule has 0 fully saturated rings. The van der Waals surface area contributed by atoms with E-state index in [1.807, 2.05) is 30.3 Å². The summed E-state index contributed by atoms with van der Waals surface area (Å²) in [7, 11) is 0. The molecule has 118 valence electrons. The second-order valence-electron chi connectivity index (χ2n) is 4.40. The lowest BCUT2D eigenvalue weighted by molar-refractivity contribution is -0.139. The van der Waals surface area contributed by atoms with Crippen molar-refractivity contribution in [3.8, 4) is 0 Å². The topological polar surface area (TPSA) is 83.7 Å². The molecular weight excluding hydrogens is 318 g/mol. The van der Waals surface area contributed by atoms with Gasteiger partial charge >= 0.3 is 11.8 Å². The van der Waals surface area contributed by atoms with Gasteiger partial charge in [0.25, 0.3) is 0 Å². The SMILES string of the molecule is O=C(NCc1ccco1)C(=O)N/N=C\C(Cl)=C\c1ccccc1. The molecule has 7 heteroatoms. The minimum atomic E-state index is -0.892. The van der Waals surface area contributed by atoms with Crippen LogP contribution < -0.4 is 10.7 Å². The molecule has 0 saturated carbocycles. The molecule has 1 aromatic heterocycles. The van der Waals surface area contributed by atoms with Crippen molar-refractivity contribution in [2.45, 2.75) is 6.54 Å². The predicted molar refractivity (Wildman–Crippen MR) is 87.5 cm³/mol. The van der Waals surface area contributed by atoms with Gasteiger partial charge in [0.2, 0.25) is 0 Å². The maximum absolute atomic E-state index is 11.5. The van der Waals surface area contributed by atoms with Gasteiger partial charge < -0.3 is 9.73 Å². The van der Waals surface area contributed by atoms with E-state index >= 15 is 0 Å². The quantitative estimate of drug-likeness (QED) is 0.501. The molecule has 1 heterocycles. The number of furan rings is 1. The number of halogens is 1. The van der Waals surface area contributed by atoms with E-state index in [9.17, 15) is 9.59 Å². The fraction of sp³-hybridized carbons (Fsp3) is 0.0625. The highest BCUT2D eigenvalue weighted by Crippen LogP contribution is 2.07. The summed E-state index contributed by atoms with van der Waals surface area (Å²) in [4.78, 5) is 23.0. The van der Waals surface area contributed by atoms with Crippen LogP contribution in [0.4, 0.5) is 0 Å². The number of nitrogens with one attached hydrogen (secondary N) is 2. The minimum absolute atomic E-state index is 0.123. The van der Waals surface area contributed by atoms with Crippen molar-refractivity contribution in [2.75, 3.05) is 0 Å². The van der Waals surface area contributed by atoms with Crippen molar-refractivity contribution in [1.29, 1.82) is 0 Å². The van der Waals surface area contributed by atoms with Crippen LogP contribution in [0.3, 0.4) is 0 Å². The van der Waals surface area contributed by atoms with Gasteiger partial charge in [0.15, 0.2) is 0 Å². The smallest absolute Gasteiger partial charge is 0.329 e. The molecule has 1 aromatic carbocycles. The number of nitrogens with zero attached hydrogens (tertiary/aromatic N) is 1. The molecule has 0 spiro atoms. The van der Waals surface area contributed by atoms with Crippen molar-refractivity contribution < 1.29 is 14.0 Å². The molecule has 2 N–H and O–H groups in total. The predicted octanol–water partition coefficient (Wildman–Crippen LogP) is 2.28. The van der Waals surface area contributed by atoms with E-state index in [1.165, 1.54) is 12.5 Å². The summed E-state index contributed by atoms with van der Waals surface area (Å²) >= 11 is 5.95. The molecule has 0 aliphatic heterocycles. The van der Waals surface area contributed by atoms with Crippen LogP contribution in [-0.2, 0) is 16.1 Å². The molecule has 2 aromatic rings. The van der Waals surface area contributed by atoms with Gasteiger partial charge in [-0.3, -0.25) is 9.59 Å². The highest BCUT2D eigenvalue weighted by molar-refractivity contribution is 6.41. The number of carbonyl (C=O) groups excluding carboxylic acids is 2. The Morgan fingerprint density at radius 1 is 1.13 bits per heavy atom. The van der Waals surface area contributed by atoms with Crippen LogP contribution in [0.5, 0.6) is 0 Å². The second kappa shape index (κ2) is 8.55. The first kappa shape index (κ1) is 16.5. The molecule has 2 rings (SSSR count). The zero-order valence-electron chi connectivity index (χ0n) is 12.0. The molecule has 0 aliphatic rings. The standard InChI is InChI=1S/C16H14ClN3O3/c17-13(9-12-5-2-1-3-6-12)10-19-20-16(22)15(21)18-11-14-7-4-8-23-14/h1-10H,11H2,(H,18,21)(H,20,22)/b13-9-,19-10-. The summed E-state index contributed by atoms with van der Waals surface area (Å²) < 4.78 is 5.03. The zero-order valence-corrected chi connectivity index (χ0v) is 12.8. The number of amides is 2. The van der Waals surface area contributed by atoms with Gasteiger partial charge in [0, 0.05) is 0 Å². The molecule has 2 amide bonds. The minimum Gasteiger partial charge on any atom is -0.467 e. The average molecular weight is 332 g/mol. The first-order valence-corrected chi connectivity index (χ1v) is 7.09. The Balaban J connectivity index is 1.78. The molecular formula is C16H14ClN3O3. The number of hydrazone groups is 1. The van der Waals surface area contributed by atoms with Crippen molar-refractivity contribution in [1.82, 2.24) is 10.7 Å². The number of allylic oxidation sites excluding steroid dienone is 1. The Bertz CT molecular complexity index is 709. The molecule has 0 bridgehead atoms. The monoisotopic (exact) mass is 331 g/mol. The number of hydrogen-bond acceptors (Lipinski definition) is 4. The summed E-state index contributed by atoms with van der Waals surface area (Å²) in [6.07, 6.45) is 4.40. The fourth-order valence-corrected chi connectivity index (χ4v) is 1.78. The highest BCUT2D eigenvalue weighted by atomic mass is 35.5. The molecule has 0 unspecified atom stereocenters. The maximum atomic E-state index is 11.5. The Hall–Kier alpha value is -2.86. The van der Waals surface area contributed by atoms with Crippen LogP contribution in [0.1, 0.15) is 11.3 Å². The Labute approximate surface area is 137 Å². The van der Waals surface area contributed by atoms with Crippen molar-refractivity contribution in [3.63, 3.8) is 0 Å². The van der Waals surface area contributed by atoms with E-state index in [2.05, 4.69) is 15.8 Å². The summed E-state index contributed by atoms with van der Waals surface area (Å²) in [5.41, 5.74) is 2.99. The largest absolute Gasteiger partial charge is 0.467 e. The Kier molecular flexibility index (Phi) is 6.14. The van der Waals surface area contributed by atoms with Crippen LogP contribution in [0.2, 0.25) is 0 Å². The van der Waals surface area contributed by atoms with Gasteiger partial charge in [0.05, 0.1) is 24.1 Å². The summed E-state index contributed by atoms with van der Waals surface area (Å²) in [6.45, 7) is 0.123. The highest BCUT2D eigenvalue weighted by Gasteiger charge is 2.12. The molecule has 6 nitrogen and oxygen atoms in total. The number of hydrogen-bond donors (Lipinski definition) is 2. The van der Waals surface area contributed by atoms with E-state index in [0.717, 1.165) is 5.56 Å². The van der Waals surface area contributed by atoms with Gasteiger partial charge in [-0.05, 0) is 23.8 Å².